The van der Waals surface area contributed by atoms with Gasteiger partial charge in [0, 0.05) is 17.3 Å². The number of benzene rings is 2. The van der Waals surface area contributed by atoms with Crippen LogP contribution in [0.15, 0.2) is 42.5 Å². The van der Waals surface area contributed by atoms with E-state index in [0.29, 0.717) is 16.5 Å². The van der Waals surface area contributed by atoms with Crippen LogP contribution >= 0.6 is 23.4 Å². The first kappa shape index (κ1) is 20.3. The van der Waals surface area contributed by atoms with Crippen molar-refractivity contribution in [2.45, 2.75) is 18.9 Å². The number of thioether (sulfide) groups is 1. The van der Waals surface area contributed by atoms with Crippen molar-refractivity contribution in [2.24, 2.45) is 0 Å². The molecule has 0 heterocycles. The summed E-state index contributed by atoms with van der Waals surface area (Å²) >= 11 is 7.39. The van der Waals surface area contributed by atoms with Crippen molar-refractivity contribution in [1.29, 1.82) is 0 Å². The number of amides is 1. The molecule has 1 N–H and O–H groups in total. The Morgan fingerprint density at radius 1 is 1.19 bits per heavy atom. The summed E-state index contributed by atoms with van der Waals surface area (Å²) in [4.78, 5) is 11.9. The van der Waals surface area contributed by atoms with Gasteiger partial charge in [0.2, 0.25) is 5.91 Å². The van der Waals surface area contributed by atoms with Gasteiger partial charge in [0.1, 0.15) is 0 Å². The highest BCUT2D eigenvalue weighted by atomic mass is 35.5. The highest BCUT2D eigenvalue weighted by Gasteiger charge is 2.11. The molecule has 0 unspecified atom stereocenters. The molecule has 4 nitrogen and oxygen atoms in total. The highest BCUT2D eigenvalue weighted by molar-refractivity contribution is 7.99. The van der Waals surface area contributed by atoms with Crippen LogP contribution in [-0.2, 0) is 17.1 Å². The molecule has 26 heavy (non-hydrogen) atoms. The van der Waals surface area contributed by atoms with Crippen LogP contribution < -0.4 is 14.8 Å². The number of alkyl halides is 2. The standard InChI is InChI=1S/C18H18ClF2NO3S/c1-24-16-8-12(5-6-15(16)25-18(20)21)9-22-17(23)11-26-10-13-3-2-4-14(19)7-13/h2-8,18H,9-11H2,1H3,(H,22,23). The predicted molar refractivity (Wildman–Crippen MR) is 99.1 cm³/mol. The van der Waals surface area contributed by atoms with Crippen LogP contribution in [-0.4, -0.2) is 25.4 Å². The van der Waals surface area contributed by atoms with Gasteiger partial charge in [-0.2, -0.15) is 8.78 Å². The van der Waals surface area contributed by atoms with Crippen molar-refractivity contribution in [2.75, 3.05) is 12.9 Å². The molecule has 8 heteroatoms. The van der Waals surface area contributed by atoms with Gasteiger partial charge in [-0.25, -0.2) is 0 Å². The van der Waals surface area contributed by atoms with Crippen LogP contribution in [0, 0.1) is 0 Å². The zero-order valence-electron chi connectivity index (χ0n) is 14.0. The zero-order chi connectivity index (χ0) is 18.9. The molecule has 0 aliphatic heterocycles. The smallest absolute Gasteiger partial charge is 0.387 e. The molecule has 1 amide bonds. The van der Waals surface area contributed by atoms with E-state index in [1.54, 1.807) is 18.2 Å². The maximum atomic E-state index is 12.3. The van der Waals surface area contributed by atoms with Gasteiger partial charge < -0.3 is 14.8 Å². The molecule has 2 aromatic carbocycles. The summed E-state index contributed by atoms with van der Waals surface area (Å²) in [5, 5.41) is 3.45. The number of hydrogen-bond acceptors (Lipinski definition) is 4. The molecular weight excluding hydrogens is 384 g/mol. The van der Waals surface area contributed by atoms with Crippen molar-refractivity contribution in [3.63, 3.8) is 0 Å². The van der Waals surface area contributed by atoms with Gasteiger partial charge in [-0.1, -0.05) is 29.8 Å². The fourth-order valence-electron chi connectivity index (χ4n) is 2.16. The molecule has 2 aromatic rings. The van der Waals surface area contributed by atoms with E-state index in [2.05, 4.69) is 10.1 Å². The minimum atomic E-state index is -2.93. The van der Waals surface area contributed by atoms with Gasteiger partial charge in [-0.3, -0.25) is 4.79 Å². The summed E-state index contributed by atoms with van der Waals surface area (Å²) in [7, 11) is 1.36. The Kier molecular flexibility index (Phi) is 8.00. The first-order chi connectivity index (χ1) is 12.5. The van der Waals surface area contributed by atoms with Crippen LogP contribution in [0.3, 0.4) is 0 Å². The topological polar surface area (TPSA) is 47.6 Å². The van der Waals surface area contributed by atoms with Crippen molar-refractivity contribution >= 4 is 29.3 Å². The maximum Gasteiger partial charge on any atom is 0.387 e. The normalized spacial score (nSPS) is 10.7. The molecule has 0 fully saturated rings. The Hall–Kier alpha value is -1.99. The second-order valence-corrected chi connectivity index (χ2v) is 6.69. The van der Waals surface area contributed by atoms with Crippen LogP contribution in [0.2, 0.25) is 5.02 Å². The average Bonchev–Trinajstić information content (AvgIpc) is 2.60. The van der Waals surface area contributed by atoms with Gasteiger partial charge in [0.15, 0.2) is 11.5 Å². The molecule has 0 aliphatic rings. The lowest BCUT2D eigenvalue weighted by molar-refractivity contribution is -0.118. The molecule has 0 atom stereocenters. The van der Waals surface area contributed by atoms with E-state index in [4.69, 9.17) is 16.3 Å². The summed E-state index contributed by atoms with van der Waals surface area (Å²) in [6.07, 6.45) is 0. The van der Waals surface area contributed by atoms with Crippen LogP contribution in [0.25, 0.3) is 0 Å². The lowest BCUT2D eigenvalue weighted by Crippen LogP contribution is -2.24. The molecule has 0 saturated heterocycles. The van der Waals surface area contributed by atoms with E-state index in [1.165, 1.54) is 24.9 Å². The largest absolute Gasteiger partial charge is 0.493 e. The van der Waals surface area contributed by atoms with E-state index < -0.39 is 6.61 Å². The van der Waals surface area contributed by atoms with Gasteiger partial charge in [0.05, 0.1) is 12.9 Å². The van der Waals surface area contributed by atoms with Gasteiger partial charge in [-0.15, -0.1) is 11.8 Å². The van der Waals surface area contributed by atoms with E-state index in [1.807, 2.05) is 18.2 Å². The number of carbonyl (C=O) groups excluding carboxylic acids is 1. The third-order valence-corrected chi connectivity index (χ3v) is 4.56. The summed E-state index contributed by atoms with van der Waals surface area (Å²) in [5.74, 6) is 1.00. The van der Waals surface area contributed by atoms with Crippen LogP contribution in [0.4, 0.5) is 8.78 Å². The number of ether oxygens (including phenoxy) is 2. The Balaban J connectivity index is 1.79. The summed E-state index contributed by atoms with van der Waals surface area (Å²) in [6.45, 7) is -2.66. The van der Waals surface area contributed by atoms with Crippen LogP contribution in [0.5, 0.6) is 11.5 Å². The van der Waals surface area contributed by atoms with E-state index in [9.17, 15) is 13.6 Å². The highest BCUT2D eigenvalue weighted by Crippen LogP contribution is 2.29. The second-order valence-electron chi connectivity index (χ2n) is 5.26. The predicted octanol–water partition coefficient (Wildman–Crippen LogP) is 4.50. The Labute approximate surface area is 159 Å². The molecule has 0 saturated carbocycles. The van der Waals surface area contributed by atoms with E-state index >= 15 is 0 Å². The second kappa shape index (κ2) is 10.2. The van der Waals surface area contributed by atoms with Crippen molar-refractivity contribution in [3.05, 3.63) is 58.6 Å². The first-order valence-corrected chi connectivity index (χ1v) is 9.22. The summed E-state index contributed by atoms with van der Waals surface area (Å²) in [6, 6.07) is 12.0. The molecule has 0 radical (unpaired) electrons. The lowest BCUT2D eigenvalue weighted by Gasteiger charge is -2.12. The summed E-state index contributed by atoms with van der Waals surface area (Å²) < 4.78 is 34.0. The fourth-order valence-corrected chi connectivity index (χ4v) is 3.17. The average molecular weight is 402 g/mol. The molecule has 2 rings (SSSR count). The molecular formula is C18H18ClF2NO3S. The lowest BCUT2D eigenvalue weighted by atomic mass is 10.2. The quantitative estimate of drug-likeness (QED) is 0.672. The molecule has 0 bridgehead atoms. The number of hydrogen-bond donors (Lipinski definition) is 1. The Morgan fingerprint density at radius 3 is 2.69 bits per heavy atom. The van der Waals surface area contributed by atoms with Gasteiger partial charge in [0.25, 0.3) is 0 Å². The fraction of sp³-hybridized carbons (Fsp3) is 0.278. The van der Waals surface area contributed by atoms with Crippen molar-refractivity contribution in [1.82, 2.24) is 5.32 Å². The Morgan fingerprint density at radius 2 is 2.00 bits per heavy atom. The molecule has 0 aliphatic carbocycles. The molecule has 140 valence electrons. The van der Waals surface area contributed by atoms with E-state index in [0.717, 1.165) is 11.1 Å². The third-order valence-electron chi connectivity index (χ3n) is 3.32. The van der Waals surface area contributed by atoms with E-state index in [-0.39, 0.29) is 24.0 Å². The van der Waals surface area contributed by atoms with Gasteiger partial charge in [-0.05, 0) is 35.4 Å². The minimum absolute atomic E-state index is 0.0466. The van der Waals surface area contributed by atoms with Crippen molar-refractivity contribution < 1.29 is 23.0 Å². The number of methoxy groups -OCH3 is 1. The number of nitrogens with one attached hydrogen (secondary N) is 1. The minimum Gasteiger partial charge on any atom is -0.493 e. The maximum absolute atomic E-state index is 12.3. The zero-order valence-corrected chi connectivity index (χ0v) is 15.6. The SMILES string of the molecule is COc1cc(CNC(=O)CSCc2cccc(Cl)c2)ccc1OC(F)F. The number of carbonyl (C=O) groups is 1. The monoisotopic (exact) mass is 401 g/mol. The number of halogens is 3. The van der Waals surface area contributed by atoms with Crippen LogP contribution in [0.1, 0.15) is 11.1 Å². The van der Waals surface area contributed by atoms with Gasteiger partial charge >= 0.3 is 6.61 Å². The first-order valence-electron chi connectivity index (χ1n) is 7.68. The van der Waals surface area contributed by atoms with Crippen molar-refractivity contribution in [3.8, 4) is 11.5 Å². The Bertz CT molecular complexity index is 746. The molecule has 0 spiro atoms. The summed E-state index contributed by atoms with van der Waals surface area (Å²) in [5.41, 5.74) is 1.77. The third kappa shape index (κ3) is 6.72. The molecule has 0 aromatic heterocycles. The number of rotatable bonds is 9.